The number of hydrogen-bond acceptors (Lipinski definition) is 2. The molecule has 0 aliphatic carbocycles. The maximum absolute atomic E-state index is 12.4. The summed E-state index contributed by atoms with van der Waals surface area (Å²) in [6.45, 7) is 3.00. The second kappa shape index (κ2) is 5.42. The van der Waals surface area contributed by atoms with Gasteiger partial charge >= 0.3 is 0 Å². The van der Waals surface area contributed by atoms with Crippen molar-refractivity contribution in [1.82, 2.24) is 4.90 Å². The lowest BCUT2D eigenvalue weighted by atomic mass is 10.1. The lowest BCUT2D eigenvalue weighted by molar-refractivity contribution is 0.0778. The van der Waals surface area contributed by atoms with E-state index in [1.54, 1.807) is 4.90 Å². The normalized spacial score (nSPS) is 10.2. The average Bonchev–Trinajstić information content (AvgIpc) is 2.81. The van der Waals surface area contributed by atoms with Gasteiger partial charge in [0.25, 0.3) is 5.91 Å². The van der Waals surface area contributed by atoms with Gasteiger partial charge in [0.1, 0.15) is 11.8 Å². The number of hydrogen-bond donors (Lipinski definition) is 0. The number of nitrogens with zero attached hydrogens (tertiary/aromatic N) is 1. The number of fused-ring (bicyclic) bond motifs is 1. The van der Waals surface area contributed by atoms with Crippen LogP contribution in [-0.4, -0.2) is 23.9 Å². The molecular formula is C15H15NO2. The molecule has 0 aliphatic rings. The lowest BCUT2D eigenvalue weighted by Gasteiger charge is -2.18. The van der Waals surface area contributed by atoms with Gasteiger partial charge in [-0.1, -0.05) is 31.0 Å². The van der Waals surface area contributed by atoms with Gasteiger partial charge in [-0.3, -0.25) is 4.79 Å². The Labute approximate surface area is 106 Å². The summed E-state index contributed by atoms with van der Waals surface area (Å²) >= 11 is 0. The van der Waals surface area contributed by atoms with Gasteiger partial charge in [0.05, 0.1) is 12.1 Å². The van der Waals surface area contributed by atoms with Gasteiger partial charge in [0.2, 0.25) is 0 Å². The molecule has 1 amide bonds. The van der Waals surface area contributed by atoms with Gasteiger partial charge in [0, 0.05) is 11.9 Å². The van der Waals surface area contributed by atoms with E-state index in [4.69, 9.17) is 10.8 Å². The average molecular weight is 241 g/mol. The molecule has 0 N–H and O–H groups in total. The number of benzene rings is 1. The van der Waals surface area contributed by atoms with E-state index < -0.39 is 0 Å². The zero-order valence-electron chi connectivity index (χ0n) is 10.3. The van der Waals surface area contributed by atoms with Crippen molar-refractivity contribution in [2.45, 2.75) is 13.3 Å². The zero-order chi connectivity index (χ0) is 13.0. The summed E-state index contributed by atoms with van der Waals surface area (Å²) < 4.78 is 5.38. The Morgan fingerprint density at radius 3 is 2.94 bits per heavy atom. The Kier molecular flexibility index (Phi) is 3.69. The first kappa shape index (κ1) is 12.3. The molecule has 1 aromatic heterocycles. The van der Waals surface area contributed by atoms with Crippen LogP contribution in [0.15, 0.2) is 34.9 Å². The topological polar surface area (TPSA) is 33.5 Å². The van der Waals surface area contributed by atoms with Crippen LogP contribution in [0, 0.1) is 12.3 Å². The van der Waals surface area contributed by atoms with Crippen LogP contribution in [0.2, 0.25) is 0 Å². The molecule has 3 heteroatoms. The minimum Gasteiger partial charge on any atom is -0.463 e. The Hall–Kier alpha value is -2.21. The van der Waals surface area contributed by atoms with Crippen LogP contribution in [0.1, 0.15) is 23.7 Å². The largest absolute Gasteiger partial charge is 0.463 e. The van der Waals surface area contributed by atoms with Crippen LogP contribution in [0.3, 0.4) is 0 Å². The van der Waals surface area contributed by atoms with E-state index in [-0.39, 0.29) is 5.91 Å². The predicted octanol–water partition coefficient (Wildman–Crippen LogP) is 2.92. The highest BCUT2D eigenvalue weighted by Gasteiger charge is 2.18. The SMILES string of the molecule is C#CCN(CCC)C(=O)c1coc2ccccc12. The van der Waals surface area contributed by atoms with Crippen molar-refractivity contribution < 1.29 is 9.21 Å². The molecule has 18 heavy (non-hydrogen) atoms. The van der Waals surface area contributed by atoms with Crippen LogP contribution in [0.4, 0.5) is 0 Å². The fourth-order valence-corrected chi connectivity index (χ4v) is 1.95. The van der Waals surface area contributed by atoms with E-state index in [0.717, 1.165) is 17.4 Å². The molecule has 92 valence electrons. The maximum atomic E-state index is 12.4. The molecule has 0 atom stereocenters. The molecule has 0 aliphatic heterocycles. The van der Waals surface area contributed by atoms with E-state index in [1.807, 2.05) is 31.2 Å². The minimum absolute atomic E-state index is 0.0697. The van der Waals surface area contributed by atoms with Gasteiger partial charge in [-0.05, 0) is 12.5 Å². The third-order valence-electron chi connectivity index (χ3n) is 2.77. The van der Waals surface area contributed by atoms with Gasteiger partial charge in [-0.25, -0.2) is 0 Å². The third kappa shape index (κ3) is 2.23. The van der Waals surface area contributed by atoms with Crippen LogP contribution < -0.4 is 0 Å². The van der Waals surface area contributed by atoms with Crippen molar-refractivity contribution in [3.63, 3.8) is 0 Å². The summed E-state index contributed by atoms with van der Waals surface area (Å²) in [4.78, 5) is 14.0. The summed E-state index contributed by atoms with van der Waals surface area (Å²) in [6, 6.07) is 7.49. The summed E-state index contributed by atoms with van der Waals surface area (Å²) in [6.07, 6.45) is 7.68. The Morgan fingerprint density at radius 2 is 2.22 bits per heavy atom. The van der Waals surface area contributed by atoms with Crippen molar-refractivity contribution in [3.8, 4) is 12.3 Å². The number of para-hydroxylation sites is 1. The van der Waals surface area contributed by atoms with Gasteiger partial charge < -0.3 is 9.32 Å². The monoisotopic (exact) mass is 241 g/mol. The molecule has 2 rings (SSSR count). The summed E-state index contributed by atoms with van der Waals surface area (Å²) in [5, 5.41) is 0.834. The quantitative estimate of drug-likeness (QED) is 0.771. The van der Waals surface area contributed by atoms with E-state index >= 15 is 0 Å². The minimum atomic E-state index is -0.0697. The molecule has 1 aromatic carbocycles. The van der Waals surface area contributed by atoms with Crippen molar-refractivity contribution in [1.29, 1.82) is 0 Å². The number of carbonyl (C=O) groups excluding carboxylic acids is 1. The lowest BCUT2D eigenvalue weighted by Crippen LogP contribution is -2.31. The number of terminal acetylenes is 1. The molecule has 0 radical (unpaired) electrons. The standard InChI is InChI=1S/C15H15NO2/c1-3-9-16(10-4-2)15(17)13-11-18-14-8-6-5-7-12(13)14/h1,5-8,11H,4,9-10H2,2H3. The van der Waals surface area contributed by atoms with Crippen LogP contribution >= 0.6 is 0 Å². The van der Waals surface area contributed by atoms with Gasteiger partial charge in [0.15, 0.2) is 0 Å². The van der Waals surface area contributed by atoms with E-state index in [9.17, 15) is 4.79 Å². The van der Waals surface area contributed by atoms with Crippen molar-refractivity contribution in [2.75, 3.05) is 13.1 Å². The molecule has 3 nitrogen and oxygen atoms in total. The molecule has 0 unspecified atom stereocenters. The fourth-order valence-electron chi connectivity index (χ4n) is 1.95. The Bertz CT molecular complexity index is 592. The third-order valence-corrected chi connectivity index (χ3v) is 2.77. The highest BCUT2D eigenvalue weighted by molar-refractivity contribution is 6.05. The first-order valence-electron chi connectivity index (χ1n) is 5.97. The second-order valence-corrected chi connectivity index (χ2v) is 4.08. The molecule has 0 bridgehead atoms. The molecular weight excluding hydrogens is 226 g/mol. The highest BCUT2D eigenvalue weighted by atomic mass is 16.3. The maximum Gasteiger partial charge on any atom is 0.258 e. The number of amides is 1. The first-order chi connectivity index (χ1) is 8.77. The summed E-state index contributed by atoms with van der Waals surface area (Å²) in [5.41, 5.74) is 1.30. The zero-order valence-corrected chi connectivity index (χ0v) is 10.3. The first-order valence-corrected chi connectivity index (χ1v) is 5.97. The van der Waals surface area contributed by atoms with E-state index in [2.05, 4.69) is 5.92 Å². The number of carbonyl (C=O) groups is 1. The van der Waals surface area contributed by atoms with Crippen molar-refractivity contribution in [2.24, 2.45) is 0 Å². The van der Waals surface area contributed by atoms with Gasteiger partial charge in [-0.15, -0.1) is 6.42 Å². The highest BCUT2D eigenvalue weighted by Crippen LogP contribution is 2.22. The molecule has 0 saturated heterocycles. The molecule has 0 saturated carbocycles. The molecule has 2 aromatic rings. The molecule has 1 heterocycles. The Morgan fingerprint density at radius 1 is 1.44 bits per heavy atom. The van der Waals surface area contributed by atoms with Crippen LogP contribution in [0.5, 0.6) is 0 Å². The smallest absolute Gasteiger partial charge is 0.258 e. The summed E-state index contributed by atoms with van der Waals surface area (Å²) in [7, 11) is 0. The van der Waals surface area contributed by atoms with Crippen molar-refractivity contribution >= 4 is 16.9 Å². The van der Waals surface area contributed by atoms with Crippen LogP contribution in [0.25, 0.3) is 11.0 Å². The van der Waals surface area contributed by atoms with Crippen molar-refractivity contribution in [3.05, 3.63) is 36.1 Å². The van der Waals surface area contributed by atoms with Gasteiger partial charge in [-0.2, -0.15) is 0 Å². The van der Waals surface area contributed by atoms with E-state index in [0.29, 0.717) is 18.7 Å². The Balaban J connectivity index is 2.35. The fraction of sp³-hybridized carbons (Fsp3) is 0.267. The predicted molar refractivity (Wildman–Crippen MR) is 71.2 cm³/mol. The number of furan rings is 1. The second-order valence-electron chi connectivity index (χ2n) is 4.08. The number of rotatable bonds is 4. The molecule has 0 spiro atoms. The van der Waals surface area contributed by atoms with E-state index in [1.165, 1.54) is 6.26 Å². The van der Waals surface area contributed by atoms with Crippen LogP contribution in [-0.2, 0) is 0 Å². The molecule has 0 fully saturated rings. The summed E-state index contributed by atoms with van der Waals surface area (Å²) in [5.74, 6) is 2.45.